The summed E-state index contributed by atoms with van der Waals surface area (Å²) in [6.07, 6.45) is 0. The van der Waals surface area contributed by atoms with E-state index in [4.69, 9.17) is 0 Å². The lowest BCUT2D eigenvalue weighted by molar-refractivity contribution is -0.496. The highest BCUT2D eigenvalue weighted by molar-refractivity contribution is 5.88. The van der Waals surface area contributed by atoms with E-state index in [1.54, 1.807) is 0 Å². The highest BCUT2D eigenvalue weighted by atomic mass is 19.3. The van der Waals surface area contributed by atoms with Gasteiger partial charge in [0, 0.05) is 15.0 Å². The Morgan fingerprint density at radius 2 is 2.00 bits per heavy atom. The fourth-order valence-electron chi connectivity index (χ4n) is 0.940. The molecule has 0 spiro atoms. The molecule has 6 heteroatoms. The summed E-state index contributed by atoms with van der Waals surface area (Å²) in [6, 6.07) is 5.27. The Hall–Kier alpha value is -1.98. The molecule has 0 fully saturated rings. The first kappa shape index (κ1) is 10.1. The van der Waals surface area contributed by atoms with Gasteiger partial charge in [0.2, 0.25) is 6.54 Å². The van der Waals surface area contributed by atoms with Crippen molar-refractivity contribution in [2.75, 3.05) is 0 Å². The van der Waals surface area contributed by atoms with E-state index in [0.29, 0.717) is 5.56 Å². The van der Waals surface area contributed by atoms with Crippen molar-refractivity contribution in [2.24, 2.45) is 0 Å². The lowest BCUT2D eigenvalue weighted by atomic mass is 10.1. The Bertz CT molecular complexity index is 349. The molecule has 0 aromatic heterocycles. The van der Waals surface area contributed by atoms with Crippen LogP contribution in [-0.4, -0.2) is 10.9 Å². The molecule has 0 aliphatic heterocycles. The van der Waals surface area contributed by atoms with Gasteiger partial charge in [0.1, 0.15) is 0 Å². The van der Waals surface area contributed by atoms with Crippen LogP contribution in [0.4, 0.5) is 4.53 Å². The van der Waals surface area contributed by atoms with Crippen molar-refractivity contribution in [1.82, 2.24) is 0 Å². The molecule has 0 bridgehead atoms. The average Bonchev–Trinajstić information content (AvgIpc) is 2.17. The van der Waals surface area contributed by atoms with E-state index in [0.717, 1.165) is 0 Å². The van der Waals surface area contributed by atoms with E-state index in [1.807, 2.05) is 0 Å². The van der Waals surface area contributed by atoms with Gasteiger partial charge in [-0.15, -0.1) is 0 Å². The first-order valence-electron chi connectivity index (χ1n) is 3.67. The number of hydrogen-bond donors (Lipinski definition) is 0. The summed E-state index contributed by atoms with van der Waals surface area (Å²) in [7, 11) is 0. The third-order valence-electron chi connectivity index (χ3n) is 1.57. The quantitative estimate of drug-likeness (QED) is 0.546. The van der Waals surface area contributed by atoms with Crippen LogP contribution in [-0.2, 0) is 11.5 Å². The third kappa shape index (κ3) is 2.51. The number of benzene rings is 1. The highest BCUT2D eigenvalue weighted by Crippen LogP contribution is 2.06. The molecule has 0 heterocycles. The van der Waals surface area contributed by atoms with Crippen molar-refractivity contribution in [1.29, 1.82) is 0 Å². The van der Waals surface area contributed by atoms with E-state index >= 15 is 0 Å². The van der Waals surface area contributed by atoms with E-state index in [-0.39, 0.29) is 12.1 Å². The summed E-state index contributed by atoms with van der Waals surface area (Å²) in [5.41, 5.74) is 0.449. The fraction of sp³-hybridized carbons (Fsp3) is 0.125. The average molecular weight is 199 g/mol. The molecule has 0 amide bonds. The molecule has 0 aliphatic carbocycles. The molecule has 74 valence electrons. The molecule has 1 aromatic carbocycles. The van der Waals surface area contributed by atoms with Crippen LogP contribution in [0, 0.1) is 10.1 Å². The number of rotatable bonds is 3. The molecule has 0 aliphatic rings. The van der Waals surface area contributed by atoms with Crippen molar-refractivity contribution in [3.8, 4) is 0 Å². The zero-order valence-electron chi connectivity index (χ0n) is 6.97. The van der Waals surface area contributed by atoms with Crippen LogP contribution in [0.1, 0.15) is 15.9 Å². The maximum atomic E-state index is 11.4. The lowest BCUT2D eigenvalue weighted by Crippen LogP contribution is -2.01. The molecule has 0 N–H and O–H groups in total. The van der Waals surface area contributed by atoms with Gasteiger partial charge in [-0.05, 0) is 12.1 Å². The summed E-state index contributed by atoms with van der Waals surface area (Å²) >= 11 is 0. The molecule has 14 heavy (non-hydrogen) atoms. The predicted octanol–water partition coefficient (Wildman–Crippen LogP) is 1.50. The number of carbonyl (C=O) groups excluding carboxylic acids is 1. The first-order valence-corrected chi connectivity index (χ1v) is 3.67. The molecule has 0 radical (unpaired) electrons. The van der Waals surface area contributed by atoms with Gasteiger partial charge in [-0.1, -0.05) is 12.1 Å². The molecular weight excluding hydrogens is 193 g/mol. The van der Waals surface area contributed by atoms with E-state index < -0.39 is 10.9 Å². The maximum Gasteiger partial charge on any atom is 0.379 e. The standard InChI is InChI=1S/C8H6FNO4/c9-14-8(11)7-3-1-6(2-4-7)5-10(12)13/h1-4H,5H2. The molecule has 1 aromatic rings. The van der Waals surface area contributed by atoms with Crippen molar-refractivity contribution < 1.29 is 19.2 Å². The minimum atomic E-state index is -1.11. The molecule has 0 unspecified atom stereocenters. The van der Waals surface area contributed by atoms with E-state index in [2.05, 4.69) is 4.94 Å². The Labute approximate surface area is 78.2 Å². The zero-order chi connectivity index (χ0) is 10.6. The number of carbonyl (C=O) groups is 1. The maximum absolute atomic E-state index is 11.4. The van der Waals surface area contributed by atoms with Crippen LogP contribution in [0.5, 0.6) is 0 Å². The van der Waals surface area contributed by atoms with Crippen LogP contribution < -0.4 is 0 Å². The second-order valence-electron chi connectivity index (χ2n) is 2.55. The molecule has 0 atom stereocenters. The minimum absolute atomic E-state index is 0.0135. The number of nitro groups is 1. The van der Waals surface area contributed by atoms with Crippen molar-refractivity contribution in [3.63, 3.8) is 0 Å². The van der Waals surface area contributed by atoms with Gasteiger partial charge in [0.25, 0.3) is 0 Å². The summed E-state index contributed by atoms with van der Waals surface area (Å²) in [5.74, 6) is -1.11. The molecule has 0 saturated heterocycles. The lowest BCUT2D eigenvalue weighted by Gasteiger charge is -1.96. The van der Waals surface area contributed by atoms with Gasteiger partial charge in [-0.3, -0.25) is 10.1 Å². The second kappa shape index (κ2) is 4.31. The van der Waals surface area contributed by atoms with Crippen LogP contribution >= 0.6 is 0 Å². The number of nitrogens with zero attached hydrogens (tertiary/aromatic N) is 1. The number of halogens is 1. The third-order valence-corrected chi connectivity index (χ3v) is 1.57. The molecule has 0 saturated carbocycles. The summed E-state index contributed by atoms with van der Waals surface area (Å²) in [6.45, 7) is -0.328. The van der Waals surface area contributed by atoms with Crippen LogP contribution in [0.3, 0.4) is 0 Å². The molecule has 5 nitrogen and oxygen atoms in total. The van der Waals surface area contributed by atoms with Crippen molar-refractivity contribution in [2.45, 2.75) is 6.54 Å². The summed E-state index contributed by atoms with van der Waals surface area (Å²) < 4.78 is 11.4. The van der Waals surface area contributed by atoms with Crippen LogP contribution in [0.15, 0.2) is 24.3 Å². The SMILES string of the molecule is O=C(OF)c1ccc(C[N+](=O)[O-])cc1. The summed E-state index contributed by atoms with van der Waals surface area (Å²) in [5, 5.41) is 10.1. The van der Waals surface area contributed by atoms with E-state index in [1.165, 1.54) is 24.3 Å². The topological polar surface area (TPSA) is 69.4 Å². The Balaban J connectivity index is 2.78. The van der Waals surface area contributed by atoms with E-state index in [9.17, 15) is 19.4 Å². The largest absolute Gasteiger partial charge is 0.379 e. The van der Waals surface area contributed by atoms with Gasteiger partial charge in [-0.25, -0.2) is 9.74 Å². The van der Waals surface area contributed by atoms with Crippen molar-refractivity contribution in [3.05, 3.63) is 45.5 Å². The van der Waals surface area contributed by atoms with Crippen LogP contribution in [0.25, 0.3) is 0 Å². The Kier molecular flexibility index (Phi) is 3.11. The molecule has 1 rings (SSSR count). The monoisotopic (exact) mass is 199 g/mol. The van der Waals surface area contributed by atoms with Gasteiger partial charge in [0.15, 0.2) is 0 Å². The Morgan fingerprint density at radius 3 is 2.43 bits per heavy atom. The van der Waals surface area contributed by atoms with Crippen LogP contribution in [0.2, 0.25) is 0 Å². The van der Waals surface area contributed by atoms with Gasteiger partial charge in [-0.2, -0.15) is 0 Å². The first-order chi connectivity index (χ1) is 6.63. The van der Waals surface area contributed by atoms with Gasteiger partial charge in [0.05, 0.1) is 5.56 Å². The fourth-order valence-corrected chi connectivity index (χ4v) is 0.940. The minimum Gasteiger partial charge on any atom is -0.264 e. The zero-order valence-corrected chi connectivity index (χ0v) is 6.97. The second-order valence-corrected chi connectivity index (χ2v) is 2.55. The molecular formula is C8H6FNO4. The Morgan fingerprint density at radius 1 is 1.43 bits per heavy atom. The highest BCUT2D eigenvalue weighted by Gasteiger charge is 2.08. The van der Waals surface area contributed by atoms with Gasteiger partial charge < -0.3 is 0 Å². The smallest absolute Gasteiger partial charge is 0.264 e. The number of hydrogen-bond acceptors (Lipinski definition) is 4. The van der Waals surface area contributed by atoms with Crippen molar-refractivity contribution >= 4 is 5.97 Å². The van der Waals surface area contributed by atoms with Gasteiger partial charge >= 0.3 is 5.97 Å². The predicted molar refractivity (Wildman–Crippen MR) is 43.7 cm³/mol. The normalized spacial score (nSPS) is 9.50. The summed E-state index contributed by atoms with van der Waals surface area (Å²) in [4.78, 5) is 23.2.